The topological polar surface area (TPSA) is 54.9 Å². The molecule has 1 unspecified atom stereocenters. The number of hydrogen-bond donors (Lipinski definition) is 2. The number of aliphatic imine (C=N–C) groups is 1. The molecule has 2 N–H and O–H groups in total. The molecule has 0 aromatic heterocycles. The number of halogens is 1. The molecule has 6 heteroatoms. The van der Waals surface area contributed by atoms with E-state index in [2.05, 4.69) is 40.7 Å². The Hall–Kier alpha value is -2.60. The Balaban J connectivity index is 1.56. The second kappa shape index (κ2) is 10.1. The zero-order valence-electron chi connectivity index (χ0n) is 16.5. The van der Waals surface area contributed by atoms with E-state index in [-0.39, 0.29) is 5.82 Å². The molecule has 0 aliphatic carbocycles. The van der Waals surface area contributed by atoms with Crippen LogP contribution in [0.15, 0.2) is 47.5 Å². The summed E-state index contributed by atoms with van der Waals surface area (Å²) in [7, 11) is 1.70. The lowest BCUT2D eigenvalue weighted by atomic mass is 10.1. The third kappa shape index (κ3) is 5.70. The fraction of sp³-hybridized carbons (Fsp3) is 0.409. The predicted molar refractivity (Wildman–Crippen MR) is 109 cm³/mol. The van der Waals surface area contributed by atoms with Crippen molar-refractivity contribution in [1.82, 2.24) is 10.6 Å². The van der Waals surface area contributed by atoms with E-state index in [9.17, 15) is 4.39 Å². The molecule has 150 valence electrons. The van der Waals surface area contributed by atoms with E-state index in [0.717, 1.165) is 36.5 Å². The molecule has 0 spiro atoms. The molecule has 1 fully saturated rings. The standard InChI is InChI=1S/C22H28FN3O2/c1-16-7-8-19(21(11-16)28-15-17-9-10-27-14-17)13-26-22(24-2)25-12-18-5-3-4-6-20(18)23/h3-8,11,17H,9-10,12-15H2,1-2H3,(H2,24,25,26). The average Bonchev–Trinajstić information content (AvgIpc) is 3.22. The van der Waals surface area contributed by atoms with E-state index in [0.29, 0.717) is 37.1 Å². The van der Waals surface area contributed by atoms with Crippen molar-refractivity contribution in [2.24, 2.45) is 10.9 Å². The van der Waals surface area contributed by atoms with Crippen LogP contribution in [-0.4, -0.2) is 32.8 Å². The predicted octanol–water partition coefficient (Wildman–Crippen LogP) is 3.41. The zero-order chi connectivity index (χ0) is 19.8. The summed E-state index contributed by atoms with van der Waals surface area (Å²) in [5.41, 5.74) is 2.81. The summed E-state index contributed by atoms with van der Waals surface area (Å²) in [5.74, 6) is 1.72. The first-order valence-electron chi connectivity index (χ1n) is 9.63. The lowest BCUT2D eigenvalue weighted by molar-refractivity contribution is 0.166. The van der Waals surface area contributed by atoms with Gasteiger partial charge >= 0.3 is 0 Å². The number of rotatable bonds is 7. The monoisotopic (exact) mass is 385 g/mol. The summed E-state index contributed by atoms with van der Waals surface area (Å²) in [6.45, 7) is 5.24. The van der Waals surface area contributed by atoms with Crippen molar-refractivity contribution in [1.29, 1.82) is 0 Å². The summed E-state index contributed by atoms with van der Waals surface area (Å²) in [6.07, 6.45) is 1.05. The maximum absolute atomic E-state index is 13.8. The Kier molecular flexibility index (Phi) is 7.25. The van der Waals surface area contributed by atoms with Crippen LogP contribution in [0.4, 0.5) is 4.39 Å². The van der Waals surface area contributed by atoms with Crippen LogP contribution in [0.5, 0.6) is 5.75 Å². The normalized spacial score (nSPS) is 16.8. The molecule has 1 saturated heterocycles. The first kappa shape index (κ1) is 20.1. The Morgan fingerprint density at radius 3 is 2.68 bits per heavy atom. The van der Waals surface area contributed by atoms with Crippen LogP contribution in [0.3, 0.4) is 0 Å². The van der Waals surface area contributed by atoms with Crippen LogP contribution < -0.4 is 15.4 Å². The fourth-order valence-corrected chi connectivity index (χ4v) is 3.08. The van der Waals surface area contributed by atoms with Crippen LogP contribution in [-0.2, 0) is 17.8 Å². The molecular formula is C22H28FN3O2. The van der Waals surface area contributed by atoms with Crippen LogP contribution >= 0.6 is 0 Å². The van der Waals surface area contributed by atoms with Crippen molar-refractivity contribution in [2.75, 3.05) is 26.9 Å². The van der Waals surface area contributed by atoms with Gasteiger partial charge in [0.1, 0.15) is 11.6 Å². The van der Waals surface area contributed by atoms with E-state index in [1.54, 1.807) is 19.2 Å². The highest BCUT2D eigenvalue weighted by Crippen LogP contribution is 2.22. The lowest BCUT2D eigenvalue weighted by Gasteiger charge is -2.17. The molecule has 1 aliphatic rings. The first-order chi connectivity index (χ1) is 13.7. The van der Waals surface area contributed by atoms with Crippen LogP contribution in [0.2, 0.25) is 0 Å². The van der Waals surface area contributed by atoms with Crippen LogP contribution in [0.1, 0.15) is 23.1 Å². The van der Waals surface area contributed by atoms with Gasteiger partial charge in [0.25, 0.3) is 0 Å². The summed E-state index contributed by atoms with van der Waals surface area (Å²) in [5, 5.41) is 6.42. The molecular weight excluding hydrogens is 357 g/mol. The van der Waals surface area contributed by atoms with E-state index >= 15 is 0 Å². The van der Waals surface area contributed by atoms with Gasteiger partial charge in [-0.05, 0) is 31.0 Å². The summed E-state index contributed by atoms with van der Waals surface area (Å²) in [6, 6.07) is 12.9. The zero-order valence-corrected chi connectivity index (χ0v) is 16.5. The summed E-state index contributed by atoms with van der Waals surface area (Å²) in [4.78, 5) is 4.22. The third-order valence-electron chi connectivity index (χ3n) is 4.80. The number of hydrogen-bond acceptors (Lipinski definition) is 3. The van der Waals surface area contributed by atoms with Gasteiger partial charge in [0.2, 0.25) is 0 Å². The molecule has 0 bridgehead atoms. The van der Waals surface area contributed by atoms with Gasteiger partial charge < -0.3 is 20.1 Å². The van der Waals surface area contributed by atoms with E-state index in [1.807, 2.05) is 6.07 Å². The number of nitrogens with zero attached hydrogens (tertiary/aromatic N) is 1. The quantitative estimate of drug-likeness (QED) is 0.567. The molecule has 1 aliphatic heterocycles. The van der Waals surface area contributed by atoms with Crippen molar-refractivity contribution in [2.45, 2.75) is 26.4 Å². The molecule has 28 heavy (non-hydrogen) atoms. The molecule has 3 rings (SSSR count). The number of ether oxygens (including phenoxy) is 2. The van der Waals surface area contributed by atoms with Gasteiger partial charge in [-0.25, -0.2) is 4.39 Å². The van der Waals surface area contributed by atoms with Gasteiger partial charge in [-0.3, -0.25) is 4.99 Å². The minimum Gasteiger partial charge on any atom is -0.493 e. The molecule has 0 saturated carbocycles. The minimum absolute atomic E-state index is 0.226. The maximum Gasteiger partial charge on any atom is 0.191 e. The Labute approximate surface area is 166 Å². The number of benzene rings is 2. The second-order valence-electron chi connectivity index (χ2n) is 7.02. The van der Waals surface area contributed by atoms with Crippen molar-refractivity contribution in [3.05, 3.63) is 65.0 Å². The van der Waals surface area contributed by atoms with Crippen LogP contribution in [0, 0.1) is 18.7 Å². The largest absolute Gasteiger partial charge is 0.493 e. The molecule has 1 atom stereocenters. The summed E-state index contributed by atoms with van der Waals surface area (Å²) >= 11 is 0. The maximum atomic E-state index is 13.8. The van der Waals surface area contributed by atoms with Crippen molar-refractivity contribution in [3.8, 4) is 5.75 Å². The third-order valence-corrected chi connectivity index (χ3v) is 4.80. The Bertz CT molecular complexity index is 804. The SMILES string of the molecule is CN=C(NCc1ccccc1F)NCc1ccc(C)cc1OCC1CCOC1. The smallest absolute Gasteiger partial charge is 0.191 e. The van der Waals surface area contributed by atoms with Gasteiger partial charge in [0, 0.05) is 43.8 Å². The molecule has 2 aromatic rings. The lowest BCUT2D eigenvalue weighted by Crippen LogP contribution is -2.36. The number of guanidine groups is 1. The highest BCUT2D eigenvalue weighted by atomic mass is 19.1. The second-order valence-corrected chi connectivity index (χ2v) is 7.02. The van der Waals surface area contributed by atoms with Gasteiger partial charge in [-0.2, -0.15) is 0 Å². The molecule has 0 amide bonds. The fourth-order valence-electron chi connectivity index (χ4n) is 3.08. The minimum atomic E-state index is -0.226. The van der Waals surface area contributed by atoms with Crippen LogP contribution in [0.25, 0.3) is 0 Å². The Morgan fingerprint density at radius 2 is 1.96 bits per heavy atom. The first-order valence-corrected chi connectivity index (χ1v) is 9.63. The Morgan fingerprint density at radius 1 is 1.18 bits per heavy atom. The van der Waals surface area contributed by atoms with E-state index in [4.69, 9.17) is 9.47 Å². The van der Waals surface area contributed by atoms with Gasteiger partial charge in [0.15, 0.2) is 5.96 Å². The van der Waals surface area contributed by atoms with Gasteiger partial charge in [-0.15, -0.1) is 0 Å². The number of aryl methyl sites for hydroxylation is 1. The van der Waals surface area contributed by atoms with Crippen molar-refractivity contribution in [3.63, 3.8) is 0 Å². The van der Waals surface area contributed by atoms with Gasteiger partial charge in [-0.1, -0.05) is 30.3 Å². The molecule has 0 radical (unpaired) electrons. The number of nitrogens with one attached hydrogen (secondary N) is 2. The molecule has 5 nitrogen and oxygen atoms in total. The van der Waals surface area contributed by atoms with E-state index in [1.165, 1.54) is 6.07 Å². The van der Waals surface area contributed by atoms with E-state index < -0.39 is 0 Å². The van der Waals surface area contributed by atoms with Gasteiger partial charge in [0.05, 0.1) is 13.2 Å². The molecule has 1 heterocycles. The highest BCUT2D eigenvalue weighted by Gasteiger charge is 2.17. The average molecular weight is 385 g/mol. The highest BCUT2D eigenvalue weighted by molar-refractivity contribution is 5.79. The van der Waals surface area contributed by atoms with Crippen molar-refractivity contribution >= 4 is 5.96 Å². The summed E-state index contributed by atoms with van der Waals surface area (Å²) < 4.78 is 25.3. The van der Waals surface area contributed by atoms with Crippen molar-refractivity contribution < 1.29 is 13.9 Å². The molecule has 2 aromatic carbocycles.